The fraction of sp³-hybridized carbons (Fsp3) is 0.364. The number of ether oxygens (including phenoxy) is 1. The van der Waals surface area contributed by atoms with Crippen molar-refractivity contribution < 1.29 is 14.6 Å². The number of Topliss-reactive ketones (excluding diaryl/α,β-unsaturated/α-hetero) is 1. The van der Waals surface area contributed by atoms with Crippen LogP contribution >= 0.6 is 15.9 Å². The topological polar surface area (TPSA) is 46.5 Å². The lowest BCUT2D eigenvalue weighted by molar-refractivity contribution is -0.116. The Morgan fingerprint density at radius 3 is 2.73 bits per heavy atom. The van der Waals surface area contributed by atoms with Gasteiger partial charge in [0.25, 0.3) is 0 Å². The Bertz CT molecular complexity index is 363. The van der Waals surface area contributed by atoms with Crippen LogP contribution in [0.4, 0.5) is 0 Å². The van der Waals surface area contributed by atoms with Crippen LogP contribution in [0.1, 0.15) is 24.2 Å². The number of carbonyl (C=O) groups is 1. The minimum Gasteiger partial charge on any atom is -0.508 e. The van der Waals surface area contributed by atoms with Gasteiger partial charge < -0.3 is 9.84 Å². The summed E-state index contributed by atoms with van der Waals surface area (Å²) in [4.78, 5) is 10.8. The second-order valence-corrected chi connectivity index (χ2v) is 4.08. The molecule has 0 aliphatic heterocycles. The molecule has 1 unspecified atom stereocenters. The maximum atomic E-state index is 11.2. The number of phenols is 1. The Balaban J connectivity index is 3.02. The molecule has 1 aromatic rings. The van der Waals surface area contributed by atoms with E-state index in [4.69, 9.17) is 4.74 Å². The highest BCUT2D eigenvalue weighted by Crippen LogP contribution is 2.30. The zero-order chi connectivity index (χ0) is 11.4. The van der Waals surface area contributed by atoms with E-state index in [-0.39, 0.29) is 11.5 Å². The van der Waals surface area contributed by atoms with Crippen molar-refractivity contribution in [3.05, 3.63) is 23.8 Å². The molecule has 3 nitrogen and oxygen atoms in total. The quantitative estimate of drug-likeness (QED) is 0.858. The Kier molecular flexibility index (Phi) is 4.15. The molecular weight excluding hydrogens is 260 g/mol. The normalized spacial score (nSPS) is 12.2. The summed E-state index contributed by atoms with van der Waals surface area (Å²) >= 11 is 3.25. The number of benzene rings is 1. The van der Waals surface area contributed by atoms with E-state index in [1.807, 2.05) is 6.92 Å². The first-order valence-electron chi connectivity index (χ1n) is 4.66. The van der Waals surface area contributed by atoms with Crippen molar-refractivity contribution >= 4 is 21.7 Å². The van der Waals surface area contributed by atoms with Crippen LogP contribution < -0.4 is 4.74 Å². The van der Waals surface area contributed by atoms with Gasteiger partial charge >= 0.3 is 0 Å². The van der Waals surface area contributed by atoms with Crippen LogP contribution in [0.2, 0.25) is 0 Å². The molecule has 1 aromatic carbocycles. The molecule has 0 amide bonds. The number of hydrogen-bond donors (Lipinski definition) is 1. The third kappa shape index (κ3) is 3.23. The molecule has 0 spiro atoms. The van der Waals surface area contributed by atoms with E-state index in [2.05, 4.69) is 15.9 Å². The van der Waals surface area contributed by atoms with Gasteiger partial charge in [-0.05, 0) is 31.5 Å². The maximum Gasteiger partial charge on any atom is 0.147 e. The zero-order valence-corrected chi connectivity index (χ0v) is 10.2. The van der Waals surface area contributed by atoms with Crippen molar-refractivity contribution in [3.8, 4) is 11.5 Å². The standard InChI is InChI=1S/C11H13BrO3/c1-3-15-10-5-8(4-9(14)6-10)11(12)7(2)13/h4-6,11,14H,3H2,1-2H3. The van der Waals surface area contributed by atoms with Gasteiger partial charge in [-0.2, -0.15) is 0 Å². The minimum atomic E-state index is -0.399. The van der Waals surface area contributed by atoms with Gasteiger partial charge in [-0.25, -0.2) is 0 Å². The minimum absolute atomic E-state index is 0.0111. The number of phenolic OH excluding ortho intramolecular Hbond substituents is 1. The summed E-state index contributed by atoms with van der Waals surface area (Å²) in [5.74, 6) is 0.655. The van der Waals surface area contributed by atoms with E-state index in [1.165, 1.54) is 13.0 Å². The number of halogens is 1. The second-order valence-electron chi connectivity index (χ2n) is 3.17. The molecule has 1 N–H and O–H groups in total. The highest BCUT2D eigenvalue weighted by atomic mass is 79.9. The number of carbonyl (C=O) groups excluding carboxylic acids is 1. The van der Waals surface area contributed by atoms with Crippen LogP contribution in [0, 0.1) is 0 Å². The summed E-state index contributed by atoms with van der Waals surface area (Å²) < 4.78 is 5.27. The molecule has 1 rings (SSSR count). The molecule has 0 aliphatic rings. The van der Waals surface area contributed by atoms with Gasteiger partial charge in [-0.15, -0.1) is 0 Å². The Morgan fingerprint density at radius 2 is 2.20 bits per heavy atom. The Hall–Kier alpha value is -1.03. The first kappa shape index (κ1) is 12.0. The molecule has 0 aromatic heterocycles. The van der Waals surface area contributed by atoms with Crippen LogP contribution in [-0.4, -0.2) is 17.5 Å². The van der Waals surface area contributed by atoms with Crippen LogP contribution in [-0.2, 0) is 4.79 Å². The molecule has 15 heavy (non-hydrogen) atoms. The SMILES string of the molecule is CCOc1cc(O)cc(C(Br)C(C)=O)c1. The van der Waals surface area contributed by atoms with Gasteiger partial charge in [-0.3, -0.25) is 4.79 Å². The fourth-order valence-electron chi connectivity index (χ4n) is 1.24. The van der Waals surface area contributed by atoms with Crippen molar-refractivity contribution in [2.24, 2.45) is 0 Å². The Morgan fingerprint density at radius 1 is 1.53 bits per heavy atom. The molecule has 4 heteroatoms. The van der Waals surface area contributed by atoms with Gasteiger partial charge in [0.2, 0.25) is 0 Å². The summed E-state index contributed by atoms with van der Waals surface area (Å²) in [5.41, 5.74) is 0.700. The van der Waals surface area contributed by atoms with Gasteiger partial charge in [0.05, 0.1) is 11.4 Å². The van der Waals surface area contributed by atoms with Crippen molar-refractivity contribution in [3.63, 3.8) is 0 Å². The Labute approximate surface area is 97.2 Å². The van der Waals surface area contributed by atoms with E-state index in [0.717, 1.165) is 0 Å². The summed E-state index contributed by atoms with van der Waals surface area (Å²) in [5, 5.41) is 9.44. The average molecular weight is 273 g/mol. The first-order chi connectivity index (χ1) is 7.04. The van der Waals surface area contributed by atoms with E-state index >= 15 is 0 Å². The summed E-state index contributed by atoms with van der Waals surface area (Å²) in [6, 6.07) is 4.81. The molecule has 0 radical (unpaired) electrons. The molecule has 0 saturated heterocycles. The van der Waals surface area contributed by atoms with Gasteiger partial charge in [0, 0.05) is 6.07 Å². The summed E-state index contributed by atoms with van der Waals surface area (Å²) in [6.07, 6.45) is 0. The molecule has 0 saturated carbocycles. The van der Waals surface area contributed by atoms with E-state index in [0.29, 0.717) is 17.9 Å². The van der Waals surface area contributed by atoms with Gasteiger partial charge in [0.15, 0.2) is 0 Å². The molecular formula is C11H13BrO3. The number of ketones is 1. The van der Waals surface area contributed by atoms with Crippen LogP contribution in [0.25, 0.3) is 0 Å². The van der Waals surface area contributed by atoms with Crippen molar-refractivity contribution in [2.45, 2.75) is 18.7 Å². The predicted octanol–water partition coefficient (Wildman–Crippen LogP) is 2.82. The predicted molar refractivity (Wildman–Crippen MR) is 61.6 cm³/mol. The number of rotatable bonds is 4. The maximum absolute atomic E-state index is 11.2. The van der Waals surface area contributed by atoms with E-state index in [1.54, 1.807) is 12.1 Å². The number of hydrogen-bond acceptors (Lipinski definition) is 3. The first-order valence-corrected chi connectivity index (χ1v) is 5.57. The van der Waals surface area contributed by atoms with Crippen molar-refractivity contribution in [2.75, 3.05) is 6.61 Å². The van der Waals surface area contributed by atoms with E-state index < -0.39 is 4.83 Å². The lowest BCUT2D eigenvalue weighted by Gasteiger charge is -2.10. The van der Waals surface area contributed by atoms with Crippen LogP contribution in [0.15, 0.2) is 18.2 Å². The van der Waals surface area contributed by atoms with Crippen LogP contribution in [0.3, 0.4) is 0 Å². The monoisotopic (exact) mass is 272 g/mol. The molecule has 0 heterocycles. The highest BCUT2D eigenvalue weighted by molar-refractivity contribution is 9.09. The van der Waals surface area contributed by atoms with Crippen LogP contribution in [0.5, 0.6) is 11.5 Å². The van der Waals surface area contributed by atoms with Crippen molar-refractivity contribution in [1.82, 2.24) is 0 Å². The smallest absolute Gasteiger partial charge is 0.147 e. The van der Waals surface area contributed by atoms with Crippen molar-refractivity contribution in [1.29, 1.82) is 0 Å². The zero-order valence-electron chi connectivity index (χ0n) is 8.66. The largest absolute Gasteiger partial charge is 0.508 e. The number of aromatic hydroxyl groups is 1. The lowest BCUT2D eigenvalue weighted by atomic mass is 10.1. The van der Waals surface area contributed by atoms with Gasteiger partial charge in [-0.1, -0.05) is 15.9 Å². The van der Waals surface area contributed by atoms with E-state index in [9.17, 15) is 9.90 Å². The fourth-order valence-corrected chi connectivity index (χ4v) is 1.50. The second kappa shape index (κ2) is 5.16. The third-order valence-corrected chi connectivity index (χ3v) is 3.05. The molecule has 0 aliphatic carbocycles. The summed E-state index contributed by atoms with van der Waals surface area (Å²) in [7, 11) is 0. The molecule has 0 fully saturated rings. The van der Waals surface area contributed by atoms with Gasteiger partial charge in [0.1, 0.15) is 17.3 Å². The number of alkyl halides is 1. The lowest BCUT2D eigenvalue weighted by Crippen LogP contribution is -2.01. The third-order valence-electron chi connectivity index (χ3n) is 1.87. The highest BCUT2D eigenvalue weighted by Gasteiger charge is 2.14. The summed E-state index contributed by atoms with van der Waals surface area (Å²) in [6.45, 7) is 3.88. The molecule has 82 valence electrons. The molecule has 0 bridgehead atoms. The average Bonchev–Trinajstić information content (AvgIpc) is 2.16. The molecule has 1 atom stereocenters.